The molecule has 5 heteroatoms. The van der Waals surface area contributed by atoms with Gasteiger partial charge in [0.15, 0.2) is 6.04 Å². The first-order valence-corrected chi connectivity index (χ1v) is 9.15. The summed E-state index contributed by atoms with van der Waals surface area (Å²) < 4.78 is 5.03. The number of carbonyl (C=O) groups excluding carboxylic acids is 2. The molecule has 1 atom stereocenters. The Balaban J connectivity index is 2.14. The predicted molar refractivity (Wildman–Crippen MR) is 112 cm³/mol. The van der Waals surface area contributed by atoms with Crippen LogP contribution in [-0.2, 0) is 9.53 Å². The molecular weight excluding hydrogens is 370 g/mol. The van der Waals surface area contributed by atoms with E-state index < -0.39 is 12.0 Å². The Labute approximate surface area is 169 Å². The number of ether oxygens (including phenoxy) is 1. The van der Waals surface area contributed by atoms with Gasteiger partial charge in [-0.3, -0.25) is 9.69 Å². The molecule has 3 rings (SSSR count). The van der Waals surface area contributed by atoms with Crippen molar-refractivity contribution in [3.8, 4) is 0 Å². The van der Waals surface area contributed by atoms with E-state index in [2.05, 4.69) is 0 Å². The number of hydrogen-bond acceptors (Lipinski definition) is 4. The van der Waals surface area contributed by atoms with Crippen LogP contribution in [0.2, 0.25) is 0 Å². The zero-order valence-electron chi connectivity index (χ0n) is 15.3. The molecule has 28 heavy (non-hydrogen) atoms. The monoisotopic (exact) mass is 389 g/mol. The molecule has 0 spiro atoms. The summed E-state index contributed by atoms with van der Waals surface area (Å²) in [6.45, 7) is 0. The van der Waals surface area contributed by atoms with Crippen LogP contribution in [0.5, 0.6) is 0 Å². The highest BCUT2D eigenvalue weighted by Gasteiger charge is 2.35. The fraction of sp³-hybridized carbons (Fsp3) is 0.0870. The highest BCUT2D eigenvalue weighted by atomic mass is 32.1. The highest BCUT2D eigenvalue weighted by Crippen LogP contribution is 2.27. The number of thiocarbonyl (C=S) groups is 1. The summed E-state index contributed by atoms with van der Waals surface area (Å²) in [5.41, 5.74) is 1.73. The van der Waals surface area contributed by atoms with E-state index in [9.17, 15) is 9.59 Å². The molecular formula is C23H19NO3S. The van der Waals surface area contributed by atoms with Crippen LogP contribution in [0.15, 0.2) is 91.0 Å². The maximum Gasteiger partial charge on any atom is 0.333 e. The van der Waals surface area contributed by atoms with E-state index in [0.717, 1.165) is 0 Å². The standard InChI is InChI=1S/C23H19NO3S/c1-27-23(26)20(17-11-5-2-6-12-17)24(21(25)18-13-7-3-8-14-18)22(28)19-15-9-4-10-16-19/h2-16,20H,1H3/t20-/m0/s1. The van der Waals surface area contributed by atoms with E-state index in [0.29, 0.717) is 16.7 Å². The predicted octanol–water partition coefficient (Wildman–Crippen LogP) is 4.42. The Morgan fingerprint density at radius 3 is 1.75 bits per heavy atom. The van der Waals surface area contributed by atoms with Crippen molar-refractivity contribution in [2.75, 3.05) is 7.11 Å². The van der Waals surface area contributed by atoms with E-state index in [1.54, 1.807) is 36.4 Å². The number of carbonyl (C=O) groups is 2. The lowest BCUT2D eigenvalue weighted by atomic mass is 10.0. The molecule has 0 radical (unpaired) electrons. The number of amides is 1. The molecule has 0 aliphatic rings. The van der Waals surface area contributed by atoms with Crippen molar-refractivity contribution in [2.24, 2.45) is 0 Å². The number of methoxy groups -OCH3 is 1. The molecule has 0 aliphatic heterocycles. The van der Waals surface area contributed by atoms with E-state index in [-0.39, 0.29) is 10.9 Å². The molecule has 0 aromatic heterocycles. The quantitative estimate of drug-likeness (QED) is 0.479. The van der Waals surface area contributed by atoms with Crippen LogP contribution in [0.3, 0.4) is 0 Å². The Hall–Kier alpha value is -3.31. The van der Waals surface area contributed by atoms with E-state index >= 15 is 0 Å². The van der Waals surface area contributed by atoms with Gasteiger partial charge < -0.3 is 4.74 Å². The zero-order chi connectivity index (χ0) is 19.9. The van der Waals surface area contributed by atoms with Gasteiger partial charge in [-0.25, -0.2) is 4.79 Å². The van der Waals surface area contributed by atoms with Crippen LogP contribution in [0.25, 0.3) is 0 Å². The average molecular weight is 389 g/mol. The number of benzene rings is 3. The van der Waals surface area contributed by atoms with Gasteiger partial charge in [0.2, 0.25) is 0 Å². The Bertz CT molecular complexity index is 907. The Morgan fingerprint density at radius 1 is 0.786 bits per heavy atom. The fourth-order valence-electron chi connectivity index (χ4n) is 2.90. The Morgan fingerprint density at radius 2 is 1.25 bits per heavy atom. The maximum atomic E-state index is 13.4. The third-order valence-electron chi connectivity index (χ3n) is 4.28. The molecule has 3 aromatic carbocycles. The smallest absolute Gasteiger partial charge is 0.333 e. The molecule has 1 amide bonds. The molecule has 0 saturated heterocycles. The van der Waals surface area contributed by atoms with Crippen molar-refractivity contribution < 1.29 is 14.3 Å². The third kappa shape index (κ3) is 4.15. The van der Waals surface area contributed by atoms with Gasteiger partial charge in [0.25, 0.3) is 5.91 Å². The van der Waals surface area contributed by atoms with Crippen LogP contribution in [0.4, 0.5) is 0 Å². The summed E-state index contributed by atoms with van der Waals surface area (Å²) in [6, 6.07) is 25.9. The van der Waals surface area contributed by atoms with E-state index in [1.807, 2.05) is 54.6 Å². The number of rotatable bonds is 5. The average Bonchev–Trinajstić information content (AvgIpc) is 2.78. The summed E-state index contributed by atoms with van der Waals surface area (Å²) in [4.78, 5) is 27.8. The zero-order valence-corrected chi connectivity index (χ0v) is 16.1. The summed E-state index contributed by atoms with van der Waals surface area (Å²) >= 11 is 5.66. The second-order valence-corrected chi connectivity index (χ2v) is 6.44. The lowest BCUT2D eigenvalue weighted by Gasteiger charge is -2.31. The molecule has 140 valence electrons. The molecule has 3 aromatic rings. The van der Waals surface area contributed by atoms with Gasteiger partial charge in [-0.2, -0.15) is 0 Å². The molecule has 0 heterocycles. The van der Waals surface area contributed by atoms with Crippen molar-refractivity contribution in [1.82, 2.24) is 4.90 Å². The van der Waals surface area contributed by atoms with Crippen LogP contribution < -0.4 is 0 Å². The fourth-order valence-corrected chi connectivity index (χ4v) is 3.23. The summed E-state index contributed by atoms with van der Waals surface area (Å²) in [6.07, 6.45) is 0. The SMILES string of the molecule is COC(=O)[C@H](c1ccccc1)N(C(=O)c1ccccc1)C(=S)c1ccccc1. The minimum absolute atomic E-state index is 0.258. The number of hydrogen-bond donors (Lipinski definition) is 0. The van der Waals surface area contributed by atoms with E-state index in [4.69, 9.17) is 17.0 Å². The van der Waals surface area contributed by atoms with Crippen LogP contribution in [-0.4, -0.2) is 28.9 Å². The van der Waals surface area contributed by atoms with Crippen molar-refractivity contribution in [2.45, 2.75) is 6.04 Å². The van der Waals surface area contributed by atoms with Crippen LogP contribution in [0.1, 0.15) is 27.5 Å². The first-order chi connectivity index (χ1) is 13.6. The van der Waals surface area contributed by atoms with Crippen molar-refractivity contribution >= 4 is 29.1 Å². The second kappa shape index (κ2) is 9.06. The normalized spacial score (nSPS) is 11.3. The highest BCUT2D eigenvalue weighted by molar-refractivity contribution is 7.80. The van der Waals surface area contributed by atoms with Gasteiger partial charge in [-0.15, -0.1) is 0 Å². The van der Waals surface area contributed by atoms with Crippen molar-refractivity contribution in [3.63, 3.8) is 0 Å². The maximum absolute atomic E-state index is 13.4. The molecule has 0 aliphatic carbocycles. The minimum atomic E-state index is -0.994. The largest absolute Gasteiger partial charge is 0.467 e. The van der Waals surface area contributed by atoms with Gasteiger partial charge >= 0.3 is 5.97 Å². The van der Waals surface area contributed by atoms with Crippen LogP contribution in [0, 0.1) is 0 Å². The van der Waals surface area contributed by atoms with E-state index in [1.165, 1.54) is 12.0 Å². The molecule has 0 N–H and O–H groups in total. The van der Waals surface area contributed by atoms with Gasteiger partial charge in [-0.05, 0) is 17.7 Å². The molecule has 4 nitrogen and oxygen atoms in total. The second-order valence-electron chi connectivity index (χ2n) is 6.05. The van der Waals surface area contributed by atoms with Crippen molar-refractivity contribution in [1.29, 1.82) is 0 Å². The third-order valence-corrected chi connectivity index (χ3v) is 4.71. The summed E-state index contributed by atoms with van der Waals surface area (Å²) in [7, 11) is 1.30. The summed E-state index contributed by atoms with van der Waals surface area (Å²) in [5, 5.41) is 0. The topological polar surface area (TPSA) is 46.6 Å². The lowest BCUT2D eigenvalue weighted by molar-refractivity contribution is -0.145. The lowest BCUT2D eigenvalue weighted by Crippen LogP contribution is -2.43. The molecule has 0 unspecified atom stereocenters. The van der Waals surface area contributed by atoms with Crippen LogP contribution >= 0.6 is 12.2 Å². The number of esters is 1. The minimum Gasteiger partial charge on any atom is -0.467 e. The Kier molecular flexibility index (Phi) is 6.29. The van der Waals surface area contributed by atoms with Gasteiger partial charge in [0, 0.05) is 11.1 Å². The molecule has 0 bridgehead atoms. The first kappa shape index (κ1) is 19.5. The van der Waals surface area contributed by atoms with Gasteiger partial charge in [0.05, 0.1) is 7.11 Å². The van der Waals surface area contributed by atoms with Gasteiger partial charge in [-0.1, -0.05) is 91.1 Å². The molecule has 0 fully saturated rings. The summed E-state index contributed by atoms with van der Waals surface area (Å²) in [5.74, 6) is -0.928. The first-order valence-electron chi connectivity index (χ1n) is 8.74. The van der Waals surface area contributed by atoms with Crippen molar-refractivity contribution in [3.05, 3.63) is 108 Å². The molecule has 0 saturated carbocycles. The number of nitrogens with zero attached hydrogens (tertiary/aromatic N) is 1. The van der Waals surface area contributed by atoms with Gasteiger partial charge in [0.1, 0.15) is 4.99 Å².